The Hall–Kier alpha value is -3.73. The molecule has 49 heavy (non-hydrogen) atoms. The first kappa shape index (κ1) is 43.3. The number of carboxylic acid groups (broad SMARTS) is 3. The van der Waals surface area contributed by atoms with Crippen LogP contribution in [0.15, 0.2) is 36.4 Å². The molecular formula is C38H59NO10. The molecule has 0 unspecified atom stereocenters. The number of nitrogens with one attached hydrogen (secondary N) is 1. The van der Waals surface area contributed by atoms with E-state index < -0.39 is 47.8 Å². The van der Waals surface area contributed by atoms with E-state index >= 15 is 0 Å². The third kappa shape index (κ3) is 18.6. The Morgan fingerprint density at radius 2 is 1.41 bits per heavy atom. The normalized spacial score (nSPS) is 13.9. The van der Waals surface area contributed by atoms with Gasteiger partial charge in [-0.2, -0.15) is 0 Å². The highest BCUT2D eigenvalue weighted by Crippen LogP contribution is 2.26. The number of allylic oxidation sites excluding steroid dienone is 1. The highest BCUT2D eigenvalue weighted by molar-refractivity contribution is 5.94. The molecule has 0 radical (unpaired) electrons. The van der Waals surface area contributed by atoms with Crippen molar-refractivity contribution in [1.29, 1.82) is 0 Å². The lowest BCUT2D eigenvalue weighted by Gasteiger charge is -2.29. The first-order chi connectivity index (χ1) is 23.3. The number of aliphatic carboxylic acids is 3. The number of Topliss-reactive ketones (excluding diaryl/α,β-unsaturated/α-hetero) is 1. The maximum Gasteiger partial charge on any atom is 0.337 e. The average molecular weight is 690 g/mol. The molecule has 0 saturated carbocycles. The summed E-state index contributed by atoms with van der Waals surface area (Å²) in [6.07, 6.45) is 14.8. The molecule has 276 valence electrons. The van der Waals surface area contributed by atoms with Crippen molar-refractivity contribution < 1.29 is 49.1 Å². The van der Waals surface area contributed by atoms with E-state index in [0.717, 1.165) is 57.4 Å². The largest absolute Gasteiger partial charge is 0.494 e. The number of ether oxygens (including phenoxy) is 1. The standard InChI is InChI=1S/C38H59NO10/c1-4-5-6-11-14-17-30(40)18-15-12-9-7-8-10-13-16-19-32(38(48,37(46)47)27-34(41)42)35(43)39-33(36(44)45)26-29-20-22-31(23-21-29)49-25-24-28(2)3/h16,19-23,28,32-33,48H,4-15,17-18,24-27H2,1-3H3,(H,39,43)(H,41,42)(H,44,45)(H,46,47)/b19-16+/t32-,33+,38+/m1/s1. The van der Waals surface area contributed by atoms with Crippen LogP contribution in [0.4, 0.5) is 0 Å². The van der Waals surface area contributed by atoms with Crippen LogP contribution in [0.3, 0.4) is 0 Å². The highest BCUT2D eigenvalue weighted by Gasteiger charge is 2.49. The van der Waals surface area contributed by atoms with Crippen LogP contribution in [0, 0.1) is 11.8 Å². The van der Waals surface area contributed by atoms with Gasteiger partial charge in [0.1, 0.15) is 17.6 Å². The summed E-state index contributed by atoms with van der Waals surface area (Å²) in [4.78, 5) is 61.0. The van der Waals surface area contributed by atoms with Crippen LogP contribution < -0.4 is 10.1 Å². The van der Waals surface area contributed by atoms with E-state index in [2.05, 4.69) is 26.1 Å². The van der Waals surface area contributed by atoms with Crippen LogP contribution in [-0.4, -0.2) is 68.3 Å². The molecule has 11 nitrogen and oxygen atoms in total. The van der Waals surface area contributed by atoms with Crippen LogP contribution in [0.5, 0.6) is 5.75 Å². The summed E-state index contributed by atoms with van der Waals surface area (Å²) < 4.78 is 5.69. The van der Waals surface area contributed by atoms with Crippen LogP contribution in [0.2, 0.25) is 0 Å². The molecule has 1 rings (SSSR count). The predicted octanol–water partition coefficient (Wildman–Crippen LogP) is 6.74. The summed E-state index contributed by atoms with van der Waals surface area (Å²) in [7, 11) is 0. The summed E-state index contributed by atoms with van der Waals surface area (Å²) in [5, 5.41) is 42.2. The van der Waals surface area contributed by atoms with Gasteiger partial charge in [0.2, 0.25) is 5.91 Å². The molecule has 0 aliphatic rings. The lowest BCUT2D eigenvalue weighted by Crippen LogP contribution is -2.55. The van der Waals surface area contributed by atoms with Crippen molar-refractivity contribution in [3.05, 3.63) is 42.0 Å². The molecular weight excluding hydrogens is 630 g/mol. The second-order valence-electron chi connectivity index (χ2n) is 13.3. The zero-order valence-electron chi connectivity index (χ0n) is 29.7. The lowest BCUT2D eigenvalue weighted by atomic mass is 9.82. The van der Waals surface area contributed by atoms with Crippen LogP contribution in [0.25, 0.3) is 0 Å². The highest BCUT2D eigenvalue weighted by atomic mass is 16.5. The van der Waals surface area contributed by atoms with E-state index in [-0.39, 0.29) is 6.42 Å². The molecule has 11 heteroatoms. The van der Waals surface area contributed by atoms with E-state index in [0.29, 0.717) is 55.3 Å². The third-order valence-electron chi connectivity index (χ3n) is 8.49. The maximum atomic E-state index is 13.3. The summed E-state index contributed by atoms with van der Waals surface area (Å²) in [6, 6.07) is 5.24. The van der Waals surface area contributed by atoms with Crippen molar-refractivity contribution in [3.63, 3.8) is 0 Å². The van der Waals surface area contributed by atoms with Gasteiger partial charge in [0.15, 0.2) is 5.60 Å². The summed E-state index contributed by atoms with van der Waals surface area (Å²) in [6.45, 7) is 6.86. The number of hydrogen-bond donors (Lipinski definition) is 5. The summed E-state index contributed by atoms with van der Waals surface area (Å²) in [5.41, 5.74) is -2.43. The Morgan fingerprint density at radius 1 is 0.837 bits per heavy atom. The fraction of sp³-hybridized carbons (Fsp3) is 0.658. The number of carbonyl (C=O) groups excluding carboxylic acids is 2. The lowest BCUT2D eigenvalue weighted by molar-refractivity contribution is -0.172. The molecule has 5 N–H and O–H groups in total. The van der Waals surface area contributed by atoms with Gasteiger partial charge in [0.25, 0.3) is 0 Å². The van der Waals surface area contributed by atoms with Crippen molar-refractivity contribution in [1.82, 2.24) is 5.32 Å². The smallest absolute Gasteiger partial charge is 0.337 e. The Morgan fingerprint density at radius 3 is 1.94 bits per heavy atom. The third-order valence-corrected chi connectivity index (χ3v) is 8.49. The van der Waals surface area contributed by atoms with Gasteiger partial charge in [-0.15, -0.1) is 0 Å². The van der Waals surface area contributed by atoms with Crippen molar-refractivity contribution >= 4 is 29.6 Å². The van der Waals surface area contributed by atoms with E-state index in [1.54, 1.807) is 24.3 Å². The van der Waals surface area contributed by atoms with Crippen LogP contribution >= 0.6 is 0 Å². The van der Waals surface area contributed by atoms with Crippen LogP contribution in [0.1, 0.15) is 129 Å². The first-order valence-electron chi connectivity index (χ1n) is 17.9. The van der Waals surface area contributed by atoms with Gasteiger partial charge < -0.3 is 30.5 Å². The number of carboxylic acids is 3. The quantitative estimate of drug-likeness (QED) is 0.0445. The van der Waals surface area contributed by atoms with E-state index in [1.165, 1.54) is 25.3 Å². The Balaban J connectivity index is 2.73. The number of aliphatic hydroxyl groups is 1. The average Bonchev–Trinajstić information content (AvgIpc) is 3.03. The van der Waals surface area contributed by atoms with E-state index in [9.17, 15) is 44.4 Å². The van der Waals surface area contributed by atoms with Gasteiger partial charge in [0.05, 0.1) is 18.9 Å². The maximum absolute atomic E-state index is 13.3. The molecule has 1 aromatic carbocycles. The number of rotatable bonds is 29. The molecule has 0 aliphatic heterocycles. The molecule has 0 spiro atoms. The fourth-order valence-corrected chi connectivity index (χ4v) is 5.42. The van der Waals surface area contributed by atoms with Gasteiger partial charge in [-0.3, -0.25) is 14.4 Å². The number of amides is 1. The monoisotopic (exact) mass is 689 g/mol. The van der Waals surface area contributed by atoms with Gasteiger partial charge in [0, 0.05) is 19.3 Å². The molecule has 0 fully saturated rings. The van der Waals surface area contributed by atoms with Gasteiger partial charge in [-0.25, -0.2) is 9.59 Å². The van der Waals surface area contributed by atoms with E-state index in [4.69, 9.17) is 4.74 Å². The summed E-state index contributed by atoms with van der Waals surface area (Å²) >= 11 is 0. The molecule has 0 aromatic heterocycles. The SMILES string of the molecule is CCCCCCCC(=O)CCCCCCCC/C=C/[C@H](C(=O)N[C@@H](Cc1ccc(OCCC(C)C)cc1)C(=O)O)[C@@](O)(CC(=O)O)C(=O)O. The molecule has 1 amide bonds. The Kier molecular flexibility index (Phi) is 21.6. The Labute approximate surface area is 291 Å². The molecule has 0 bridgehead atoms. The molecule has 0 heterocycles. The van der Waals surface area contributed by atoms with Gasteiger partial charge in [-0.05, 0) is 55.7 Å². The minimum Gasteiger partial charge on any atom is -0.494 e. The number of carbonyl (C=O) groups is 5. The number of ketones is 1. The van der Waals surface area contributed by atoms with Crippen molar-refractivity contribution in [2.24, 2.45) is 11.8 Å². The minimum absolute atomic E-state index is 0.137. The Bertz CT molecular complexity index is 1180. The van der Waals surface area contributed by atoms with E-state index in [1.807, 2.05) is 0 Å². The number of unbranched alkanes of at least 4 members (excludes halogenated alkanes) is 10. The predicted molar refractivity (Wildman–Crippen MR) is 187 cm³/mol. The zero-order valence-corrected chi connectivity index (χ0v) is 29.7. The number of hydrogen-bond acceptors (Lipinski definition) is 7. The molecule has 3 atom stereocenters. The number of benzene rings is 1. The second-order valence-corrected chi connectivity index (χ2v) is 13.3. The van der Waals surface area contributed by atoms with Gasteiger partial charge in [-0.1, -0.05) is 96.4 Å². The van der Waals surface area contributed by atoms with Crippen molar-refractivity contribution in [3.8, 4) is 5.75 Å². The second kappa shape index (κ2) is 24.4. The first-order valence-corrected chi connectivity index (χ1v) is 17.9. The van der Waals surface area contributed by atoms with Crippen molar-refractivity contribution in [2.75, 3.05) is 6.61 Å². The topological polar surface area (TPSA) is 188 Å². The minimum atomic E-state index is -3.00. The van der Waals surface area contributed by atoms with Crippen molar-refractivity contribution in [2.45, 2.75) is 142 Å². The molecule has 1 aromatic rings. The summed E-state index contributed by atoms with van der Waals surface area (Å²) in [5.74, 6) is -6.47. The fourth-order valence-electron chi connectivity index (χ4n) is 5.42. The zero-order chi connectivity index (χ0) is 36.7. The molecule has 0 saturated heterocycles. The molecule has 0 aliphatic carbocycles. The van der Waals surface area contributed by atoms with Gasteiger partial charge >= 0.3 is 17.9 Å². The van der Waals surface area contributed by atoms with Crippen LogP contribution in [-0.2, 0) is 30.4 Å².